The van der Waals surface area contributed by atoms with Gasteiger partial charge in [0.05, 0.1) is 23.6 Å². The van der Waals surface area contributed by atoms with Crippen molar-refractivity contribution < 1.29 is 23.1 Å². The number of rotatable bonds is 5. The molecule has 2 aromatic carbocycles. The predicted molar refractivity (Wildman–Crippen MR) is 137 cm³/mol. The Labute approximate surface area is 216 Å². The van der Waals surface area contributed by atoms with Gasteiger partial charge in [0.15, 0.2) is 0 Å². The largest absolute Gasteiger partial charge is 0.392 e. The second-order valence-electron chi connectivity index (χ2n) is 10.6. The summed E-state index contributed by atoms with van der Waals surface area (Å²) in [6, 6.07) is 15.4. The van der Waals surface area contributed by atoms with Crippen LogP contribution in [0.3, 0.4) is 0 Å². The second kappa shape index (κ2) is 10.5. The van der Waals surface area contributed by atoms with Crippen molar-refractivity contribution >= 4 is 11.6 Å². The lowest BCUT2D eigenvalue weighted by Gasteiger charge is -2.36. The third kappa shape index (κ3) is 5.55. The Morgan fingerprint density at radius 2 is 1.76 bits per heavy atom. The number of carbonyl (C=O) groups is 1. The highest BCUT2D eigenvalue weighted by Crippen LogP contribution is 2.39. The van der Waals surface area contributed by atoms with E-state index in [1.165, 1.54) is 11.1 Å². The molecule has 1 amide bonds. The van der Waals surface area contributed by atoms with Crippen LogP contribution >= 0.6 is 0 Å². The Kier molecular flexibility index (Phi) is 7.32. The maximum absolute atomic E-state index is 13.6. The number of allylic oxidation sites excluding steroid dienone is 1. The van der Waals surface area contributed by atoms with Crippen LogP contribution in [0, 0.1) is 5.92 Å². The SMILES string of the molecule is CN1c2ccccc2C(=O)N(C[C@H](O)CN2CCc3ccccc3C2)CC1C1=CCC(C(F)(F)F)CC1. The summed E-state index contributed by atoms with van der Waals surface area (Å²) < 4.78 is 39.8. The van der Waals surface area contributed by atoms with Gasteiger partial charge in [0, 0.05) is 45.5 Å². The van der Waals surface area contributed by atoms with E-state index in [0.29, 0.717) is 25.1 Å². The standard InChI is InChI=1S/C29H34F3N3O2/c1-33-26-9-5-4-8-25(26)28(37)35(19-27(33)21-10-12-23(13-11-21)29(30,31)32)18-24(36)17-34-15-14-20-6-2-3-7-22(20)16-34/h2-10,23-24,27,36H,11-19H2,1H3/t23?,24-,27?/m1/s1. The van der Waals surface area contributed by atoms with Gasteiger partial charge in [0.1, 0.15) is 0 Å². The number of nitrogens with zero attached hydrogens (tertiary/aromatic N) is 3. The molecule has 37 heavy (non-hydrogen) atoms. The van der Waals surface area contributed by atoms with Crippen molar-refractivity contribution in [2.75, 3.05) is 38.1 Å². The summed E-state index contributed by atoms with van der Waals surface area (Å²) in [5.41, 5.74) is 4.85. The topological polar surface area (TPSA) is 47.0 Å². The molecule has 0 fully saturated rings. The molecule has 2 aromatic rings. The first-order chi connectivity index (χ1) is 17.7. The first-order valence-electron chi connectivity index (χ1n) is 13.0. The van der Waals surface area contributed by atoms with Crippen LogP contribution in [0.25, 0.3) is 0 Å². The lowest BCUT2D eigenvalue weighted by Crippen LogP contribution is -2.48. The van der Waals surface area contributed by atoms with Gasteiger partial charge in [-0.1, -0.05) is 48.0 Å². The summed E-state index contributed by atoms with van der Waals surface area (Å²) in [5, 5.41) is 11.1. The molecule has 2 unspecified atom stereocenters. The molecule has 5 nitrogen and oxygen atoms in total. The smallest absolute Gasteiger partial charge is 0.390 e. The number of benzene rings is 2. The van der Waals surface area contributed by atoms with Gasteiger partial charge in [0.25, 0.3) is 5.91 Å². The van der Waals surface area contributed by atoms with E-state index < -0.39 is 18.2 Å². The minimum atomic E-state index is -4.19. The molecule has 1 aliphatic carbocycles. The van der Waals surface area contributed by atoms with Gasteiger partial charge < -0.3 is 14.9 Å². The molecule has 1 N–H and O–H groups in total. The molecular weight excluding hydrogens is 479 g/mol. The Morgan fingerprint density at radius 3 is 2.49 bits per heavy atom. The van der Waals surface area contributed by atoms with Crippen LogP contribution < -0.4 is 4.90 Å². The van der Waals surface area contributed by atoms with Gasteiger partial charge in [-0.3, -0.25) is 9.69 Å². The summed E-state index contributed by atoms with van der Waals surface area (Å²) in [5.74, 6) is -1.47. The fourth-order valence-corrected chi connectivity index (χ4v) is 6.01. The molecule has 3 aliphatic rings. The molecule has 5 rings (SSSR count). The minimum Gasteiger partial charge on any atom is -0.390 e. The van der Waals surface area contributed by atoms with Gasteiger partial charge in [-0.15, -0.1) is 0 Å². The molecule has 198 valence electrons. The number of para-hydroxylation sites is 1. The number of likely N-dealkylation sites (N-methyl/N-ethyl adjacent to an activating group) is 1. The third-order valence-electron chi connectivity index (χ3n) is 8.11. The number of alkyl halides is 3. The molecule has 0 saturated carbocycles. The van der Waals surface area contributed by atoms with Crippen molar-refractivity contribution in [2.24, 2.45) is 5.92 Å². The highest BCUT2D eigenvalue weighted by Gasteiger charge is 2.41. The van der Waals surface area contributed by atoms with Crippen LogP contribution in [0.5, 0.6) is 0 Å². The van der Waals surface area contributed by atoms with E-state index in [1.54, 1.807) is 17.0 Å². The number of halogens is 3. The van der Waals surface area contributed by atoms with Crippen LogP contribution in [-0.4, -0.2) is 72.4 Å². The number of β-amino-alcohol motifs (C(OH)–C–C–N with tert-alkyl or cyclic N) is 1. The predicted octanol–water partition coefficient (Wildman–Crippen LogP) is 4.66. The monoisotopic (exact) mass is 513 g/mol. The summed E-state index contributed by atoms with van der Waals surface area (Å²) in [7, 11) is 1.90. The summed E-state index contributed by atoms with van der Waals surface area (Å²) in [6.45, 7) is 2.57. The van der Waals surface area contributed by atoms with E-state index in [9.17, 15) is 23.1 Å². The van der Waals surface area contributed by atoms with Gasteiger partial charge in [-0.25, -0.2) is 0 Å². The lowest BCUT2D eigenvalue weighted by molar-refractivity contribution is -0.176. The number of hydrogen-bond acceptors (Lipinski definition) is 4. The number of aliphatic hydroxyl groups excluding tert-OH is 1. The van der Waals surface area contributed by atoms with Crippen molar-refractivity contribution in [1.29, 1.82) is 0 Å². The highest BCUT2D eigenvalue weighted by molar-refractivity contribution is 6.00. The molecule has 8 heteroatoms. The van der Waals surface area contributed by atoms with Crippen molar-refractivity contribution in [3.05, 3.63) is 76.9 Å². The molecular formula is C29H34F3N3O2. The van der Waals surface area contributed by atoms with Crippen LogP contribution in [-0.2, 0) is 13.0 Å². The van der Waals surface area contributed by atoms with Gasteiger partial charge in [0.2, 0.25) is 0 Å². The molecule has 2 aliphatic heterocycles. The van der Waals surface area contributed by atoms with E-state index in [2.05, 4.69) is 17.0 Å². The average Bonchev–Trinajstić information content (AvgIpc) is 2.99. The van der Waals surface area contributed by atoms with E-state index in [0.717, 1.165) is 30.8 Å². The zero-order valence-corrected chi connectivity index (χ0v) is 21.1. The zero-order valence-electron chi connectivity index (χ0n) is 21.1. The molecule has 0 aromatic heterocycles. The summed E-state index contributed by atoms with van der Waals surface area (Å²) in [6.07, 6.45) is -1.89. The Morgan fingerprint density at radius 1 is 1.03 bits per heavy atom. The summed E-state index contributed by atoms with van der Waals surface area (Å²) >= 11 is 0. The van der Waals surface area contributed by atoms with Gasteiger partial charge in [-0.05, 0) is 48.9 Å². The van der Waals surface area contributed by atoms with Crippen molar-refractivity contribution in [3.63, 3.8) is 0 Å². The number of aliphatic hydroxyl groups is 1. The third-order valence-corrected chi connectivity index (χ3v) is 8.11. The van der Waals surface area contributed by atoms with Crippen molar-refractivity contribution in [2.45, 2.75) is 50.6 Å². The maximum Gasteiger partial charge on any atom is 0.392 e. The van der Waals surface area contributed by atoms with E-state index >= 15 is 0 Å². The highest BCUT2D eigenvalue weighted by atomic mass is 19.4. The second-order valence-corrected chi connectivity index (χ2v) is 10.6. The number of anilines is 1. The first-order valence-corrected chi connectivity index (χ1v) is 13.0. The molecule has 0 bridgehead atoms. The number of hydrogen-bond donors (Lipinski definition) is 1. The number of carbonyl (C=O) groups excluding carboxylic acids is 1. The lowest BCUT2D eigenvalue weighted by atomic mass is 9.85. The van der Waals surface area contributed by atoms with Gasteiger partial charge in [-0.2, -0.15) is 13.2 Å². The maximum atomic E-state index is 13.6. The fraction of sp³-hybridized carbons (Fsp3) is 0.483. The normalized spacial score (nSPS) is 23.7. The molecule has 0 saturated heterocycles. The van der Waals surface area contributed by atoms with E-state index in [4.69, 9.17) is 0 Å². The molecule has 3 atom stereocenters. The zero-order chi connectivity index (χ0) is 26.2. The Hall–Kier alpha value is -2.84. The fourth-order valence-electron chi connectivity index (χ4n) is 6.01. The summed E-state index contributed by atoms with van der Waals surface area (Å²) in [4.78, 5) is 19.5. The Bertz CT molecular complexity index is 1170. The van der Waals surface area contributed by atoms with Crippen LogP contribution in [0.1, 0.15) is 40.7 Å². The molecule has 0 radical (unpaired) electrons. The van der Waals surface area contributed by atoms with Gasteiger partial charge >= 0.3 is 6.18 Å². The molecule has 2 heterocycles. The van der Waals surface area contributed by atoms with E-state index in [-0.39, 0.29) is 31.3 Å². The molecule has 0 spiro atoms. The average molecular weight is 514 g/mol. The van der Waals surface area contributed by atoms with E-state index in [1.807, 2.05) is 42.3 Å². The van der Waals surface area contributed by atoms with Crippen LogP contribution in [0.15, 0.2) is 60.2 Å². The van der Waals surface area contributed by atoms with Crippen LogP contribution in [0.2, 0.25) is 0 Å². The number of fused-ring (bicyclic) bond motifs is 2. The van der Waals surface area contributed by atoms with Crippen LogP contribution in [0.4, 0.5) is 18.9 Å². The van der Waals surface area contributed by atoms with Crippen molar-refractivity contribution in [1.82, 2.24) is 9.80 Å². The van der Waals surface area contributed by atoms with Crippen molar-refractivity contribution in [3.8, 4) is 0 Å². The quantitative estimate of drug-likeness (QED) is 0.591. The first kappa shape index (κ1) is 25.8. The Balaban J connectivity index is 1.33. The number of amides is 1. The minimum absolute atomic E-state index is 0.0299.